The maximum Gasteiger partial charge on any atom is 0.410 e. The van der Waals surface area contributed by atoms with E-state index in [2.05, 4.69) is 0 Å². The summed E-state index contributed by atoms with van der Waals surface area (Å²) in [5.41, 5.74) is -1.55. The second kappa shape index (κ2) is 6.97. The average molecular weight is 423 g/mol. The molecule has 0 radical (unpaired) electrons. The molecule has 2 fully saturated rings. The van der Waals surface area contributed by atoms with Gasteiger partial charge >= 0.3 is 6.09 Å². The van der Waals surface area contributed by atoms with Crippen molar-refractivity contribution in [2.45, 2.75) is 61.8 Å². The van der Waals surface area contributed by atoms with Gasteiger partial charge in [-0.05, 0) is 58.9 Å². The van der Waals surface area contributed by atoms with Crippen molar-refractivity contribution in [3.8, 4) is 6.07 Å². The van der Waals surface area contributed by atoms with Gasteiger partial charge in [-0.2, -0.15) is 5.26 Å². The molecular formula is C20H26N2O6S. The molecule has 0 saturated carbocycles. The van der Waals surface area contributed by atoms with Crippen LogP contribution in [0.25, 0.3) is 0 Å². The van der Waals surface area contributed by atoms with Crippen molar-refractivity contribution in [3.05, 3.63) is 29.8 Å². The van der Waals surface area contributed by atoms with Crippen molar-refractivity contribution in [1.29, 1.82) is 5.26 Å². The summed E-state index contributed by atoms with van der Waals surface area (Å²) in [6.45, 7) is 8.69. The van der Waals surface area contributed by atoms with Crippen LogP contribution < -0.4 is 0 Å². The van der Waals surface area contributed by atoms with Crippen molar-refractivity contribution >= 4 is 15.9 Å². The summed E-state index contributed by atoms with van der Waals surface area (Å²) < 4.78 is 44.1. The number of rotatable bonds is 2. The highest BCUT2D eigenvalue weighted by Crippen LogP contribution is 2.42. The monoisotopic (exact) mass is 422 g/mol. The van der Waals surface area contributed by atoms with E-state index < -0.39 is 38.2 Å². The molecule has 2 saturated heterocycles. The van der Waals surface area contributed by atoms with E-state index >= 15 is 0 Å². The van der Waals surface area contributed by atoms with Gasteiger partial charge in [0.15, 0.2) is 15.6 Å². The van der Waals surface area contributed by atoms with E-state index in [1.165, 1.54) is 29.2 Å². The molecule has 29 heavy (non-hydrogen) atoms. The summed E-state index contributed by atoms with van der Waals surface area (Å²) in [6, 6.07) is 7.68. The lowest BCUT2D eigenvalue weighted by molar-refractivity contribution is -0.157. The van der Waals surface area contributed by atoms with Gasteiger partial charge < -0.3 is 19.1 Å². The molecule has 158 valence electrons. The highest BCUT2D eigenvalue weighted by Gasteiger charge is 2.61. The Morgan fingerprint density at radius 3 is 2.38 bits per heavy atom. The smallest absolute Gasteiger partial charge is 0.410 e. The second-order valence-electron chi connectivity index (χ2n) is 8.89. The van der Waals surface area contributed by atoms with Gasteiger partial charge in [-0.25, -0.2) is 13.2 Å². The summed E-state index contributed by atoms with van der Waals surface area (Å²) in [5.74, 6) is -0.970. The van der Waals surface area contributed by atoms with Crippen LogP contribution >= 0.6 is 0 Å². The van der Waals surface area contributed by atoms with Gasteiger partial charge in [0.2, 0.25) is 0 Å². The summed E-state index contributed by atoms with van der Waals surface area (Å²) in [5, 5.41) is 7.93. The van der Waals surface area contributed by atoms with E-state index in [1.54, 1.807) is 34.6 Å². The first-order valence-corrected chi connectivity index (χ1v) is 10.9. The quantitative estimate of drug-likeness (QED) is 0.721. The SMILES string of the molecule is CC(C)(C)OC(=O)N1CC(S(=O)(=O)c2ccc(C#N)cc2)C2(COC(C)(C)O2)C1. The molecule has 0 N–H and O–H groups in total. The Morgan fingerprint density at radius 1 is 1.28 bits per heavy atom. The normalized spacial score (nSPS) is 26.5. The molecule has 2 aliphatic heterocycles. The molecule has 1 spiro atoms. The number of nitrogens with zero attached hydrogens (tertiary/aromatic N) is 2. The Bertz CT molecular complexity index is 943. The first-order valence-electron chi connectivity index (χ1n) is 9.34. The van der Waals surface area contributed by atoms with Crippen molar-refractivity contribution in [2.24, 2.45) is 0 Å². The number of carbonyl (C=O) groups is 1. The number of carbonyl (C=O) groups excluding carboxylic acids is 1. The van der Waals surface area contributed by atoms with Gasteiger partial charge in [0, 0.05) is 6.54 Å². The van der Waals surface area contributed by atoms with Gasteiger partial charge in [0.1, 0.15) is 16.5 Å². The molecule has 3 rings (SSSR count). The Kier molecular flexibility index (Phi) is 5.18. The molecule has 8 nitrogen and oxygen atoms in total. The molecule has 0 aromatic heterocycles. The molecular weight excluding hydrogens is 396 g/mol. The van der Waals surface area contributed by atoms with Crippen molar-refractivity contribution in [1.82, 2.24) is 4.90 Å². The fourth-order valence-corrected chi connectivity index (χ4v) is 5.64. The van der Waals surface area contributed by atoms with E-state index in [-0.39, 0.29) is 24.6 Å². The zero-order chi connectivity index (χ0) is 21.7. The topological polar surface area (TPSA) is 106 Å². The Balaban J connectivity index is 1.97. The molecule has 2 atom stereocenters. The minimum atomic E-state index is -3.88. The molecule has 2 aliphatic rings. The van der Waals surface area contributed by atoms with Crippen molar-refractivity contribution in [3.63, 3.8) is 0 Å². The Labute approximate surface area is 171 Å². The third-order valence-corrected chi connectivity index (χ3v) is 7.14. The summed E-state index contributed by atoms with van der Waals surface area (Å²) >= 11 is 0. The number of hydrogen-bond donors (Lipinski definition) is 0. The zero-order valence-corrected chi connectivity index (χ0v) is 18.1. The number of hydrogen-bond acceptors (Lipinski definition) is 7. The van der Waals surface area contributed by atoms with Crippen LogP contribution in [0, 0.1) is 11.3 Å². The maximum absolute atomic E-state index is 13.5. The van der Waals surface area contributed by atoms with Crippen LogP contribution in [-0.4, -0.2) is 61.3 Å². The maximum atomic E-state index is 13.5. The van der Waals surface area contributed by atoms with E-state index in [9.17, 15) is 13.2 Å². The Morgan fingerprint density at radius 2 is 1.90 bits per heavy atom. The number of likely N-dealkylation sites (tertiary alicyclic amines) is 1. The lowest BCUT2D eigenvalue weighted by atomic mass is 10.0. The first-order chi connectivity index (χ1) is 13.3. The number of benzene rings is 1. The van der Waals surface area contributed by atoms with E-state index in [4.69, 9.17) is 19.5 Å². The average Bonchev–Trinajstić information content (AvgIpc) is 3.13. The largest absolute Gasteiger partial charge is 0.444 e. The molecule has 1 aromatic rings. The van der Waals surface area contributed by atoms with E-state index in [0.717, 1.165) is 0 Å². The van der Waals surface area contributed by atoms with E-state index in [0.29, 0.717) is 5.56 Å². The molecule has 9 heteroatoms. The number of ether oxygens (including phenoxy) is 3. The van der Waals surface area contributed by atoms with Crippen molar-refractivity contribution in [2.75, 3.05) is 19.7 Å². The number of sulfone groups is 1. The Hall–Kier alpha value is -2.15. The van der Waals surface area contributed by atoms with Gasteiger partial charge in [-0.3, -0.25) is 0 Å². The highest BCUT2D eigenvalue weighted by molar-refractivity contribution is 7.92. The zero-order valence-electron chi connectivity index (χ0n) is 17.3. The first kappa shape index (κ1) is 21.6. The molecule has 2 heterocycles. The lowest BCUT2D eigenvalue weighted by Crippen LogP contribution is -2.49. The van der Waals surface area contributed by atoms with Crippen LogP contribution in [-0.2, 0) is 24.0 Å². The third kappa shape index (κ3) is 4.25. The van der Waals surface area contributed by atoms with Crippen LogP contribution in [0.4, 0.5) is 4.79 Å². The van der Waals surface area contributed by atoms with Crippen LogP contribution in [0.1, 0.15) is 40.2 Å². The minimum absolute atomic E-state index is 0.0411. The van der Waals surface area contributed by atoms with Gasteiger partial charge in [0.05, 0.1) is 29.7 Å². The third-order valence-electron chi connectivity index (χ3n) is 4.88. The molecule has 1 aromatic carbocycles. The van der Waals surface area contributed by atoms with Gasteiger partial charge in [-0.15, -0.1) is 0 Å². The van der Waals surface area contributed by atoms with Crippen LogP contribution in [0.2, 0.25) is 0 Å². The predicted molar refractivity (Wildman–Crippen MR) is 104 cm³/mol. The van der Waals surface area contributed by atoms with Crippen molar-refractivity contribution < 1.29 is 27.4 Å². The minimum Gasteiger partial charge on any atom is -0.444 e. The predicted octanol–water partition coefficient (Wildman–Crippen LogP) is 2.47. The molecule has 0 aliphatic carbocycles. The summed E-state index contributed by atoms with van der Waals surface area (Å²) in [6.07, 6.45) is -0.595. The summed E-state index contributed by atoms with van der Waals surface area (Å²) in [7, 11) is -3.88. The second-order valence-corrected chi connectivity index (χ2v) is 11.0. The van der Waals surface area contributed by atoms with Crippen LogP contribution in [0.3, 0.4) is 0 Å². The number of amides is 1. The molecule has 1 amide bonds. The molecule has 0 bridgehead atoms. The van der Waals surface area contributed by atoms with Gasteiger partial charge in [0.25, 0.3) is 0 Å². The molecule has 2 unspecified atom stereocenters. The highest BCUT2D eigenvalue weighted by atomic mass is 32.2. The fourth-order valence-electron chi connectivity index (χ4n) is 3.67. The standard InChI is InChI=1S/C20H26N2O6S/c1-18(2,3)27-17(23)22-11-16(20(12-22)13-26-19(4,5)28-20)29(24,25)15-8-6-14(10-21)7-9-15/h6-9,16H,11-13H2,1-5H3. The van der Waals surface area contributed by atoms with Crippen LogP contribution in [0.15, 0.2) is 29.2 Å². The summed E-state index contributed by atoms with van der Waals surface area (Å²) in [4.78, 5) is 14.1. The van der Waals surface area contributed by atoms with E-state index in [1.807, 2.05) is 6.07 Å². The fraction of sp³-hybridized carbons (Fsp3) is 0.600. The van der Waals surface area contributed by atoms with Crippen LogP contribution in [0.5, 0.6) is 0 Å². The number of nitriles is 1. The lowest BCUT2D eigenvalue weighted by Gasteiger charge is -2.29. The van der Waals surface area contributed by atoms with Gasteiger partial charge in [-0.1, -0.05) is 0 Å².